The molecule has 1 aliphatic heterocycles. The number of carbonyl (C=O) groups excluding carboxylic acids is 1. The van der Waals surface area contributed by atoms with E-state index in [0.29, 0.717) is 17.7 Å². The lowest BCUT2D eigenvalue weighted by atomic mass is 10.0. The minimum atomic E-state index is 0.0937. The molecule has 104 valence electrons. The Labute approximate surface area is 124 Å². The lowest BCUT2D eigenvalue weighted by molar-refractivity contribution is 0.0998. The van der Waals surface area contributed by atoms with E-state index >= 15 is 0 Å². The Hall–Kier alpha value is -2.60. The Kier molecular flexibility index (Phi) is 3.70. The van der Waals surface area contributed by atoms with Crippen LogP contribution in [0, 0.1) is 11.3 Å². The molecule has 0 aromatic heterocycles. The maximum Gasteiger partial charge on any atom is 0.182 e. The Bertz CT molecular complexity index is 698. The van der Waals surface area contributed by atoms with Crippen molar-refractivity contribution < 1.29 is 4.79 Å². The molecule has 0 N–H and O–H groups in total. The molecule has 0 fully saturated rings. The highest BCUT2D eigenvalue weighted by Crippen LogP contribution is 2.26. The molecule has 1 heterocycles. The van der Waals surface area contributed by atoms with Gasteiger partial charge in [0.1, 0.15) is 0 Å². The highest BCUT2D eigenvalue weighted by atomic mass is 16.1. The Balaban J connectivity index is 1.78. The van der Waals surface area contributed by atoms with E-state index in [1.807, 2.05) is 12.1 Å². The number of Topliss-reactive ketones (excluding diaryl/α,β-unsaturated/α-hetero) is 1. The Morgan fingerprint density at radius 3 is 2.67 bits per heavy atom. The lowest BCUT2D eigenvalue weighted by Crippen LogP contribution is -2.34. The van der Waals surface area contributed by atoms with Gasteiger partial charge in [-0.15, -0.1) is 0 Å². The van der Waals surface area contributed by atoms with Crippen LogP contribution in [0.3, 0.4) is 0 Å². The molecule has 0 bridgehead atoms. The van der Waals surface area contributed by atoms with Gasteiger partial charge in [0.2, 0.25) is 0 Å². The van der Waals surface area contributed by atoms with Crippen molar-refractivity contribution in [3.05, 3.63) is 65.2 Å². The van der Waals surface area contributed by atoms with Crippen LogP contribution in [0.1, 0.15) is 27.9 Å². The topological polar surface area (TPSA) is 44.1 Å². The monoisotopic (exact) mass is 276 g/mol. The molecule has 3 heteroatoms. The molecule has 0 atom stereocenters. The fraction of sp³-hybridized carbons (Fsp3) is 0.222. The second kappa shape index (κ2) is 5.80. The highest BCUT2D eigenvalue weighted by molar-refractivity contribution is 5.99. The summed E-state index contributed by atoms with van der Waals surface area (Å²) >= 11 is 0. The number of anilines is 1. The van der Waals surface area contributed by atoms with Gasteiger partial charge in [-0.2, -0.15) is 5.26 Å². The van der Waals surface area contributed by atoms with Crippen molar-refractivity contribution in [3.63, 3.8) is 0 Å². The fourth-order valence-corrected chi connectivity index (χ4v) is 2.77. The molecule has 2 aromatic carbocycles. The normalized spacial score (nSPS) is 13.4. The van der Waals surface area contributed by atoms with Gasteiger partial charge in [-0.05, 0) is 36.6 Å². The number of nitrogens with zero attached hydrogens (tertiary/aromatic N) is 2. The van der Waals surface area contributed by atoms with Gasteiger partial charge in [-0.25, -0.2) is 0 Å². The number of nitriles is 1. The molecule has 3 nitrogen and oxygen atoms in total. The summed E-state index contributed by atoms with van der Waals surface area (Å²) in [5.41, 5.74) is 3.73. The fourth-order valence-electron chi connectivity index (χ4n) is 2.77. The second-order valence-corrected chi connectivity index (χ2v) is 5.27. The molecule has 3 rings (SSSR count). The van der Waals surface area contributed by atoms with E-state index in [9.17, 15) is 4.79 Å². The van der Waals surface area contributed by atoms with Crippen molar-refractivity contribution in [1.82, 2.24) is 0 Å². The third-order valence-corrected chi connectivity index (χ3v) is 3.88. The van der Waals surface area contributed by atoms with Gasteiger partial charge < -0.3 is 4.90 Å². The third-order valence-electron chi connectivity index (χ3n) is 3.88. The summed E-state index contributed by atoms with van der Waals surface area (Å²) in [5, 5.41) is 8.79. The average molecular weight is 276 g/mol. The summed E-state index contributed by atoms with van der Waals surface area (Å²) in [6.07, 6.45) is 2.16. The summed E-state index contributed by atoms with van der Waals surface area (Å²) in [7, 11) is 0. The van der Waals surface area contributed by atoms with Crippen LogP contribution >= 0.6 is 0 Å². The van der Waals surface area contributed by atoms with E-state index in [4.69, 9.17) is 5.26 Å². The maximum absolute atomic E-state index is 12.4. The first-order valence-electron chi connectivity index (χ1n) is 7.14. The molecule has 0 spiro atoms. The van der Waals surface area contributed by atoms with E-state index in [2.05, 4.69) is 23.1 Å². The first-order chi connectivity index (χ1) is 10.3. The van der Waals surface area contributed by atoms with Crippen LogP contribution < -0.4 is 4.90 Å². The quantitative estimate of drug-likeness (QED) is 0.809. The van der Waals surface area contributed by atoms with Crippen LogP contribution in [0.2, 0.25) is 0 Å². The van der Waals surface area contributed by atoms with Gasteiger partial charge in [0.25, 0.3) is 0 Å². The number of benzene rings is 2. The summed E-state index contributed by atoms with van der Waals surface area (Å²) in [4.78, 5) is 14.5. The first kappa shape index (κ1) is 13.4. The van der Waals surface area contributed by atoms with Crippen LogP contribution in [0.5, 0.6) is 0 Å². The molecular formula is C18H16N2O. The van der Waals surface area contributed by atoms with Gasteiger partial charge in [0.15, 0.2) is 5.78 Å². The zero-order valence-corrected chi connectivity index (χ0v) is 11.7. The first-order valence-corrected chi connectivity index (χ1v) is 7.14. The standard InChI is InChI=1S/C18H16N2O/c19-12-14-7-9-16(10-8-14)18(21)13-20-11-3-5-15-4-1-2-6-17(15)20/h1-2,4,6-10H,3,5,11,13H2. The Morgan fingerprint density at radius 2 is 1.90 bits per heavy atom. The minimum Gasteiger partial charge on any atom is -0.364 e. The van der Waals surface area contributed by atoms with Crippen LogP contribution in [0.4, 0.5) is 5.69 Å². The van der Waals surface area contributed by atoms with Gasteiger partial charge in [0.05, 0.1) is 18.2 Å². The van der Waals surface area contributed by atoms with Crippen molar-refractivity contribution in [2.75, 3.05) is 18.0 Å². The van der Waals surface area contributed by atoms with Gasteiger partial charge in [-0.1, -0.05) is 30.3 Å². The molecule has 0 amide bonds. The van der Waals surface area contributed by atoms with E-state index < -0.39 is 0 Å². The SMILES string of the molecule is N#Cc1ccc(C(=O)CN2CCCc3ccccc32)cc1. The summed E-state index contributed by atoms with van der Waals surface area (Å²) in [6, 6.07) is 17.2. The average Bonchev–Trinajstić information content (AvgIpc) is 2.55. The van der Waals surface area contributed by atoms with Crippen molar-refractivity contribution in [3.8, 4) is 6.07 Å². The minimum absolute atomic E-state index is 0.0937. The predicted octanol–water partition coefficient (Wildman–Crippen LogP) is 3.19. The molecule has 21 heavy (non-hydrogen) atoms. The smallest absolute Gasteiger partial charge is 0.182 e. The molecule has 2 aromatic rings. The maximum atomic E-state index is 12.4. The van der Waals surface area contributed by atoms with E-state index in [-0.39, 0.29) is 5.78 Å². The number of hydrogen-bond donors (Lipinski definition) is 0. The van der Waals surface area contributed by atoms with Crippen LogP contribution in [0.25, 0.3) is 0 Å². The van der Waals surface area contributed by atoms with Gasteiger partial charge in [0, 0.05) is 17.8 Å². The molecular weight excluding hydrogens is 260 g/mol. The predicted molar refractivity (Wildman–Crippen MR) is 82.5 cm³/mol. The zero-order chi connectivity index (χ0) is 14.7. The number of hydrogen-bond acceptors (Lipinski definition) is 3. The highest BCUT2D eigenvalue weighted by Gasteiger charge is 2.19. The molecule has 1 aliphatic rings. The molecule has 0 unspecified atom stereocenters. The number of carbonyl (C=O) groups is 1. The van der Waals surface area contributed by atoms with Crippen molar-refractivity contribution >= 4 is 11.5 Å². The number of aryl methyl sites for hydroxylation is 1. The molecule has 0 aliphatic carbocycles. The third kappa shape index (κ3) is 2.80. The van der Waals surface area contributed by atoms with E-state index in [1.165, 1.54) is 11.3 Å². The molecule has 0 radical (unpaired) electrons. The molecule has 0 saturated heterocycles. The lowest BCUT2D eigenvalue weighted by Gasteiger charge is -2.30. The van der Waals surface area contributed by atoms with Crippen molar-refractivity contribution in [1.29, 1.82) is 5.26 Å². The van der Waals surface area contributed by atoms with Crippen LogP contribution in [-0.2, 0) is 6.42 Å². The van der Waals surface area contributed by atoms with Gasteiger partial charge >= 0.3 is 0 Å². The van der Waals surface area contributed by atoms with E-state index in [0.717, 1.165) is 19.4 Å². The van der Waals surface area contributed by atoms with Gasteiger partial charge in [-0.3, -0.25) is 4.79 Å². The number of ketones is 1. The largest absolute Gasteiger partial charge is 0.364 e. The number of rotatable bonds is 3. The zero-order valence-electron chi connectivity index (χ0n) is 11.7. The number of para-hydroxylation sites is 1. The number of fused-ring (bicyclic) bond motifs is 1. The Morgan fingerprint density at radius 1 is 1.14 bits per heavy atom. The summed E-state index contributed by atoms with van der Waals surface area (Å²) < 4.78 is 0. The van der Waals surface area contributed by atoms with Crippen LogP contribution in [-0.4, -0.2) is 18.9 Å². The van der Waals surface area contributed by atoms with Crippen molar-refractivity contribution in [2.45, 2.75) is 12.8 Å². The second-order valence-electron chi connectivity index (χ2n) is 5.27. The molecule has 0 saturated carbocycles. The van der Waals surface area contributed by atoms with Crippen LogP contribution in [0.15, 0.2) is 48.5 Å². The summed E-state index contributed by atoms with van der Waals surface area (Å²) in [5.74, 6) is 0.0937. The summed E-state index contributed by atoms with van der Waals surface area (Å²) in [6.45, 7) is 1.31. The van der Waals surface area contributed by atoms with Crippen molar-refractivity contribution in [2.24, 2.45) is 0 Å². The van der Waals surface area contributed by atoms with E-state index in [1.54, 1.807) is 24.3 Å².